The van der Waals surface area contributed by atoms with Crippen LogP contribution in [0.25, 0.3) is 0 Å². The van der Waals surface area contributed by atoms with Gasteiger partial charge in [-0.2, -0.15) is 5.26 Å². The van der Waals surface area contributed by atoms with Crippen LogP contribution in [-0.4, -0.2) is 54.5 Å². The summed E-state index contributed by atoms with van der Waals surface area (Å²) in [4.78, 5) is 42.1. The van der Waals surface area contributed by atoms with E-state index in [9.17, 15) is 24.4 Å². The van der Waals surface area contributed by atoms with Crippen LogP contribution in [0.5, 0.6) is 0 Å². The van der Waals surface area contributed by atoms with Gasteiger partial charge in [-0.1, -0.05) is 0 Å². The van der Waals surface area contributed by atoms with Gasteiger partial charge in [-0.3, -0.25) is 18.9 Å². The van der Waals surface area contributed by atoms with E-state index in [2.05, 4.69) is 4.52 Å². The molecule has 2 heterocycles. The van der Waals surface area contributed by atoms with E-state index < -0.39 is 55.9 Å². The summed E-state index contributed by atoms with van der Waals surface area (Å²) in [5, 5.41) is 28.7. The molecule has 1 aliphatic rings. The van der Waals surface area contributed by atoms with Crippen molar-refractivity contribution in [2.24, 2.45) is 0 Å². The maximum atomic E-state index is 11.8. The Hall–Kier alpha value is -1.84. The number of H-pyrrole nitrogens is 1. The van der Waals surface area contributed by atoms with Crippen LogP contribution in [-0.2, 0) is 13.8 Å². The predicted molar refractivity (Wildman–Crippen MR) is 70.0 cm³/mol. The number of ether oxygens (including phenoxy) is 1. The van der Waals surface area contributed by atoms with E-state index >= 15 is 0 Å². The molecule has 13 heteroatoms. The highest BCUT2D eigenvalue weighted by Crippen LogP contribution is 2.38. The van der Waals surface area contributed by atoms with Crippen LogP contribution in [0, 0.1) is 11.3 Å². The zero-order valence-corrected chi connectivity index (χ0v) is 12.2. The van der Waals surface area contributed by atoms with Crippen molar-refractivity contribution in [3.63, 3.8) is 0 Å². The van der Waals surface area contributed by atoms with E-state index in [1.807, 2.05) is 4.98 Å². The lowest BCUT2D eigenvalue weighted by atomic mass is 10.1. The molecule has 0 spiro atoms. The summed E-state index contributed by atoms with van der Waals surface area (Å²) < 4.78 is 20.6. The lowest BCUT2D eigenvalue weighted by Gasteiger charge is -2.18. The first-order chi connectivity index (χ1) is 10.6. The third kappa shape index (κ3) is 3.74. The van der Waals surface area contributed by atoms with Crippen LogP contribution in [0.4, 0.5) is 0 Å². The average Bonchev–Trinajstić information content (AvgIpc) is 2.71. The Kier molecular flexibility index (Phi) is 4.83. The summed E-state index contributed by atoms with van der Waals surface area (Å²) in [5.41, 5.74) is -2.31. The smallest absolute Gasteiger partial charge is 0.387 e. The molecule has 1 saturated heterocycles. The molecule has 0 bridgehead atoms. The number of aromatic nitrogens is 2. The van der Waals surface area contributed by atoms with Crippen LogP contribution in [0.15, 0.2) is 15.7 Å². The standard InChI is InChI=1S/C10H12N3O9P/c11-2-4-1-6(14)12-10(17)13(4)9-8(16)7(15)5(22-9)3-21-23(18,19)20/h1,5,7-9,15-16H,3H2,(H,12,14,17)(H2,18,19,20)/t5-,7?,8?,9-/m1/s1. The van der Waals surface area contributed by atoms with E-state index in [0.29, 0.717) is 4.57 Å². The Morgan fingerprint density at radius 2 is 2.04 bits per heavy atom. The van der Waals surface area contributed by atoms with Gasteiger partial charge in [-0.15, -0.1) is 0 Å². The molecule has 1 fully saturated rings. The molecular formula is C10H12N3O9P. The third-order valence-corrected chi connectivity index (χ3v) is 3.57. The number of nitrogens with zero attached hydrogens (tertiary/aromatic N) is 2. The van der Waals surface area contributed by atoms with Crippen molar-refractivity contribution in [2.45, 2.75) is 24.5 Å². The molecule has 0 aromatic carbocycles. The van der Waals surface area contributed by atoms with Gasteiger partial charge >= 0.3 is 13.5 Å². The van der Waals surface area contributed by atoms with Gasteiger partial charge in [0.2, 0.25) is 0 Å². The molecule has 23 heavy (non-hydrogen) atoms. The first-order valence-electron chi connectivity index (χ1n) is 6.11. The van der Waals surface area contributed by atoms with E-state index in [4.69, 9.17) is 19.8 Å². The van der Waals surface area contributed by atoms with Gasteiger partial charge in [0.05, 0.1) is 6.61 Å². The van der Waals surface area contributed by atoms with Gasteiger partial charge in [-0.05, 0) is 0 Å². The van der Waals surface area contributed by atoms with Crippen molar-refractivity contribution in [1.82, 2.24) is 9.55 Å². The Bertz CT molecular complexity index is 790. The molecule has 1 aromatic rings. The minimum atomic E-state index is -4.83. The topological polar surface area (TPSA) is 195 Å². The van der Waals surface area contributed by atoms with Crippen LogP contribution in [0.2, 0.25) is 0 Å². The molecule has 0 amide bonds. The highest BCUT2D eigenvalue weighted by atomic mass is 31.2. The number of aromatic amines is 1. The quantitative estimate of drug-likeness (QED) is 0.353. The number of nitrogens with one attached hydrogen (secondary N) is 1. The number of nitriles is 1. The van der Waals surface area contributed by atoms with Crippen molar-refractivity contribution in [3.05, 3.63) is 32.6 Å². The normalized spacial score (nSPS) is 27.8. The summed E-state index contributed by atoms with van der Waals surface area (Å²) >= 11 is 0. The van der Waals surface area contributed by atoms with Gasteiger partial charge in [0.15, 0.2) is 6.23 Å². The molecule has 5 N–H and O–H groups in total. The maximum Gasteiger partial charge on any atom is 0.469 e. The number of hydrogen-bond acceptors (Lipinski definition) is 8. The Balaban J connectivity index is 2.32. The second kappa shape index (κ2) is 6.34. The van der Waals surface area contributed by atoms with E-state index in [1.165, 1.54) is 0 Å². The molecule has 12 nitrogen and oxygen atoms in total. The lowest BCUT2D eigenvalue weighted by Crippen LogP contribution is -2.39. The van der Waals surface area contributed by atoms with Crippen LogP contribution in [0.3, 0.4) is 0 Å². The monoisotopic (exact) mass is 349 g/mol. The Labute approximate surface area is 127 Å². The van der Waals surface area contributed by atoms with Crippen molar-refractivity contribution >= 4 is 7.82 Å². The minimum Gasteiger partial charge on any atom is -0.387 e. The van der Waals surface area contributed by atoms with Gasteiger partial charge in [0.1, 0.15) is 30.1 Å². The molecule has 0 radical (unpaired) electrons. The van der Waals surface area contributed by atoms with Crippen LogP contribution < -0.4 is 11.2 Å². The lowest BCUT2D eigenvalue weighted by molar-refractivity contribution is -0.0547. The third-order valence-electron chi connectivity index (χ3n) is 3.09. The van der Waals surface area contributed by atoms with Gasteiger partial charge < -0.3 is 24.7 Å². The fourth-order valence-electron chi connectivity index (χ4n) is 2.09. The number of aliphatic hydroxyl groups excluding tert-OH is 2. The van der Waals surface area contributed by atoms with Crippen molar-refractivity contribution in [3.8, 4) is 6.07 Å². The van der Waals surface area contributed by atoms with Gasteiger partial charge in [-0.25, -0.2) is 9.36 Å². The molecule has 4 atom stereocenters. The first-order valence-corrected chi connectivity index (χ1v) is 7.64. The molecule has 1 aromatic heterocycles. The van der Waals surface area contributed by atoms with Gasteiger partial charge in [0, 0.05) is 6.07 Å². The number of phosphoric acid groups is 1. The second-order valence-electron chi connectivity index (χ2n) is 4.64. The van der Waals surface area contributed by atoms with E-state index in [0.717, 1.165) is 6.07 Å². The average molecular weight is 349 g/mol. The number of hydrogen-bond donors (Lipinski definition) is 5. The minimum absolute atomic E-state index is 0.424. The summed E-state index contributed by atoms with van der Waals surface area (Å²) in [6.45, 7) is -0.765. The summed E-state index contributed by atoms with van der Waals surface area (Å²) in [7, 11) is -4.83. The largest absolute Gasteiger partial charge is 0.469 e. The SMILES string of the molecule is N#Cc1cc(=O)[nH]c(=O)n1[C@@H]1O[C@H](COP(=O)(O)O)C(O)C1O. The predicted octanol–water partition coefficient (Wildman–Crippen LogP) is -2.86. The van der Waals surface area contributed by atoms with Crippen LogP contribution >= 0.6 is 7.82 Å². The fourth-order valence-corrected chi connectivity index (χ4v) is 2.44. The molecule has 1 aliphatic heterocycles. The Morgan fingerprint density at radius 3 is 2.61 bits per heavy atom. The molecule has 0 saturated carbocycles. The van der Waals surface area contributed by atoms with Crippen molar-refractivity contribution < 1.29 is 33.8 Å². The number of aliphatic hydroxyl groups is 2. The zero-order chi connectivity index (χ0) is 17.4. The molecule has 2 unspecified atom stereocenters. The highest BCUT2D eigenvalue weighted by molar-refractivity contribution is 7.46. The molecule has 0 aliphatic carbocycles. The highest BCUT2D eigenvalue weighted by Gasteiger charge is 2.45. The van der Waals surface area contributed by atoms with E-state index in [1.54, 1.807) is 6.07 Å². The van der Waals surface area contributed by atoms with Gasteiger partial charge in [0.25, 0.3) is 5.56 Å². The summed E-state index contributed by atoms with van der Waals surface area (Å²) in [6, 6.07) is 2.37. The number of rotatable bonds is 4. The Morgan fingerprint density at radius 1 is 1.39 bits per heavy atom. The second-order valence-corrected chi connectivity index (χ2v) is 5.88. The summed E-state index contributed by atoms with van der Waals surface area (Å²) in [5.74, 6) is 0. The summed E-state index contributed by atoms with van der Waals surface area (Å²) in [6.07, 6.45) is -6.25. The molecule has 2 rings (SSSR count). The first kappa shape index (κ1) is 17.5. The van der Waals surface area contributed by atoms with Crippen molar-refractivity contribution in [1.29, 1.82) is 5.26 Å². The zero-order valence-electron chi connectivity index (χ0n) is 11.3. The number of phosphoric ester groups is 1. The molecular weight excluding hydrogens is 337 g/mol. The molecule has 126 valence electrons. The fraction of sp³-hybridized carbons (Fsp3) is 0.500. The van der Waals surface area contributed by atoms with E-state index in [-0.39, 0.29) is 0 Å². The van der Waals surface area contributed by atoms with Crippen molar-refractivity contribution in [2.75, 3.05) is 6.61 Å². The maximum absolute atomic E-state index is 11.8. The van der Waals surface area contributed by atoms with Crippen LogP contribution in [0.1, 0.15) is 11.9 Å².